The molecule has 2 heterocycles. The molecule has 8 nitrogen and oxygen atoms in total. The van der Waals surface area contributed by atoms with Crippen LogP contribution < -0.4 is 10.2 Å². The summed E-state index contributed by atoms with van der Waals surface area (Å²) in [5, 5.41) is 3.17. The van der Waals surface area contributed by atoms with E-state index in [1.807, 2.05) is 67.5 Å². The van der Waals surface area contributed by atoms with Gasteiger partial charge in [-0.2, -0.15) is 4.31 Å². The van der Waals surface area contributed by atoms with Gasteiger partial charge in [0.2, 0.25) is 10.0 Å². The molecule has 0 atom stereocenters. The zero-order valence-corrected chi connectivity index (χ0v) is 21.2. The molecule has 1 N–H and O–H groups in total. The van der Waals surface area contributed by atoms with E-state index < -0.39 is 10.0 Å². The van der Waals surface area contributed by atoms with Crippen LogP contribution in [0.5, 0.6) is 0 Å². The number of benzene rings is 1. The number of hydrogen-bond donors (Lipinski definition) is 1. The molecule has 1 aromatic carbocycles. The topological polar surface area (TPSA) is 81.1 Å². The van der Waals surface area contributed by atoms with Crippen LogP contribution in [0.3, 0.4) is 0 Å². The Morgan fingerprint density at radius 1 is 1.06 bits per heavy atom. The van der Waals surface area contributed by atoms with Gasteiger partial charge in [-0.1, -0.05) is 36.4 Å². The van der Waals surface area contributed by atoms with Crippen molar-refractivity contribution < 1.29 is 8.42 Å². The lowest BCUT2D eigenvalue weighted by molar-refractivity contribution is 0.383. The Bertz CT molecular complexity index is 917. The highest BCUT2D eigenvalue weighted by molar-refractivity contribution is 14.0. The van der Waals surface area contributed by atoms with Crippen LogP contribution in [0.4, 0.5) is 5.82 Å². The fourth-order valence-corrected chi connectivity index (χ4v) is 4.60. The van der Waals surface area contributed by atoms with Crippen molar-refractivity contribution in [2.24, 2.45) is 4.99 Å². The molecule has 170 valence electrons. The third kappa shape index (κ3) is 7.62. The van der Waals surface area contributed by atoms with Crippen LogP contribution in [-0.2, 0) is 16.6 Å². The van der Waals surface area contributed by atoms with Crippen molar-refractivity contribution in [1.29, 1.82) is 0 Å². The van der Waals surface area contributed by atoms with Gasteiger partial charge >= 0.3 is 0 Å². The van der Waals surface area contributed by atoms with Crippen LogP contribution in [-0.4, -0.2) is 81.1 Å². The number of pyridine rings is 1. The fraction of sp³-hybridized carbons (Fsp3) is 0.429. The van der Waals surface area contributed by atoms with E-state index in [1.165, 1.54) is 0 Å². The van der Waals surface area contributed by atoms with Crippen LogP contribution in [0.1, 0.15) is 5.56 Å². The molecule has 2 aromatic rings. The average Bonchev–Trinajstić information content (AvgIpc) is 2.77. The maximum atomic E-state index is 12.8. The largest absolute Gasteiger partial charge is 0.355 e. The van der Waals surface area contributed by atoms with Gasteiger partial charge in [-0.3, -0.25) is 0 Å². The second-order valence-electron chi connectivity index (χ2n) is 7.34. The van der Waals surface area contributed by atoms with Gasteiger partial charge in [0, 0.05) is 53.0 Å². The first-order valence-electron chi connectivity index (χ1n) is 10.1. The number of sulfonamides is 1. The molecule has 0 unspecified atom stereocenters. The molecule has 1 aromatic heterocycles. The Labute approximate surface area is 202 Å². The first-order chi connectivity index (χ1) is 14.5. The summed E-state index contributed by atoms with van der Waals surface area (Å²) in [7, 11) is 0.455. The SMILES string of the molecule is CN(C)C(=NCc1ccccc1)NCCS(=O)(=O)N1CCN(c2ccccn2)CC1.I. The van der Waals surface area contributed by atoms with Gasteiger partial charge in [0.25, 0.3) is 0 Å². The van der Waals surface area contributed by atoms with E-state index in [2.05, 4.69) is 20.2 Å². The number of aromatic nitrogens is 1. The highest BCUT2D eigenvalue weighted by Gasteiger charge is 2.27. The molecular weight excluding hydrogens is 527 g/mol. The van der Waals surface area contributed by atoms with Gasteiger partial charge in [-0.05, 0) is 17.7 Å². The number of rotatable bonds is 7. The minimum Gasteiger partial charge on any atom is -0.355 e. The van der Waals surface area contributed by atoms with Crippen molar-refractivity contribution in [3.63, 3.8) is 0 Å². The van der Waals surface area contributed by atoms with Crippen LogP contribution in [0.2, 0.25) is 0 Å². The fourth-order valence-electron chi connectivity index (χ4n) is 3.26. The number of halogens is 1. The van der Waals surface area contributed by atoms with Gasteiger partial charge in [-0.25, -0.2) is 18.4 Å². The molecule has 1 saturated heterocycles. The first kappa shape index (κ1) is 25.3. The predicted octanol–water partition coefficient (Wildman–Crippen LogP) is 1.86. The zero-order chi connectivity index (χ0) is 21.4. The van der Waals surface area contributed by atoms with Gasteiger partial charge in [-0.15, -0.1) is 24.0 Å². The van der Waals surface area contributed by atoms with Gasteiger partial charge < -0.3 is 15.1 Å². The molecule has 31 heavy (non-hydrogen) atoms. The van der Waals surface area contributed by atoms with E-state index in [1.54, 1.807) is 10.5 Å². The highest BCUT2D eigenvalue weighted by Crippen LogP contribution is 2.14. The summed E-state index contributed by atoms with van der Waals surface area (Å²) in [5.41, 5.74) is 1.11. The maximum Gasteiger partial charge on any atom is 0.215 e. The molecule has 3 rings (SSSR count). The molecule has 1 aliphatic heterocycles. The van der Waals surface area contributed by atoms with Crippen molar-refractivity contribution in [3.05, 3.63) is 60.3 Å². The van der Waals surface area contributed by atoms with E-state index >= 15 is 0 Å². The van der Waals surface area contributed by atoms with Gasteiger partial charge in [0.15, 0.2) is 5.96 Å². The van der Waals surface area contributed by atoms with Gasteiger partial charge in [0.1, 0.15) is 5.82 Å². The van der Waals surface area contributed by atoms with Crippen LogP contribution >= 0.6 is 24.0 Å². The van der Waals surface area contributed by atoms with Crippen molar-refractivity contribution in [2.45, 2.75) is 6.54 Å². The van der Waals surface area contributed by atoms with E-state index in [0.717, 1.165) is 11.4 Å². The Balaban J connectivity index is 0.00000341. The molecule has 1 aliphatic rings. The number of nitrogens with one attached hydrogen (secondary N) is 1. The third-order valence-electron chi connectivity index (χ3n) is 4.93. The van der Waals surface area contributed by atoms with Crippen molar-refractivity contribution in [1.82, 2.24) is 19.5 Å². The molecule has 0 saturated carbocycles. The normalized spacial score (nSPS) is 15.3. The molecule has 0 aliphatic carbocycles. The summed E-state index contributed by atoms with van der Waals surface area (Å²) >= 11 is 0. The molecule has 0 bridgehead atoms. The molecule has 1 fully saturated rings. The van der Waals surface area contributed by atoms with E-state index in [-0.39, 0.29) is 29.7 Å². The number of piperazine rings is 1. The van der Waals surface area contributed by atoms with E-state index in [0.29, 0.717) is 45.2 Å². The number of hydrogen-bond acceptors (Lipinski definition) is 5. The van der Waals surface area contributed by atoms with Crippen LogP contribution in [0.15, 0.2) is 59.7 Å². The average molecular weight is 558 g/mol. The third-order valence-corrected chi connectivity index (χ3v) is 6.80. The monoisotopic (exact) mass is 558 g/mol. The number of guanidine groups is 1. The van der Waals surface area contributed by atoms with Crippen molar-refractivity contribution in [3.8, 4) is 0 Å². The van der Waals surface area contributed by atoms with Crippen molar-refractivity contribution >= 4 is 45.8 Å². The molecule has 0 radical (unpaired) electrons. The summed E-state index contributed by atoms with van der Waals surface area (Å²) in [4.78, 5) is 12.9. The quantitative estimate of drug-likeness (QED) is 0.318. The lowest BCUT2D eigenvalue weighted by Crippen LogP contribution is -2.50. The Morgan fingerprint density at radius 3 is 2.35 bits per heavy atom. The molecule has 0 spiro atoms. The molecule has 0 amide bonds. The molecular formula is C21H31IN6O2S. The smallest absolute Gasteiger partial charge is 0.215 e. The minimum absolute atomic E-state index is 0. The maximum absolute atomic E-state index is 12.8. The standard InChI is InChI=1S/C21H30N6O2S.HI/c1-25(2)21(24-18-19-8-4-3-5-9-19)23-12-17-30(28,29)27-15-13-26(14-16-27)20-10-6-7-11-22-20;/h3-11H,12-18H2,1-2H3,(H,23,24);1H. The second-order valence-corrected chi connectivity index (χ2v) is 9.43. The van der Waals surface area contributed by atoms with Crippen molar-refractivity contribution in [2.75, 3.05) is 57.5 Å². The predicted molar refractivity (Wildman–Crippen MR) is 136 cm³/mol. The Hall–Kier alpha value is -1.92. The Kier molecular flexibility index (Phi) is 9.97. The summed E-state index contributed by atoms with van der Waals surface area (Å²) in [6.45, 7) is 3.09. The number of anilines is 1. The van der Waals surface area contributed by atoms with Gasteiger partial charge in [0.05, 0.1) is 12.3 Å². The summed E-state index contributed by atoms with van der Waals surface area (Å²) in [6.07, 6.45) is 1.76. The number of nitrogens with zero attached hydrogens (tertiary/aromatic N) is 5. The minimum atomic E-state index is -3.33. The lowest BCUT2D eigenvalue weighted by atomic mass is 10.2. The van der Waals surface area contributed by atoms with Crippen LogP contribution in [0.25, 0.3) is 0 Å². The first-order valence-corrected chi connectivity index (χ1v) is 11.7. The zero-order valence-electron chi connectivity index (χ0n) is 18.0. The van der Waals surface area contributed by atoms with E-state index in [9.17, 15) is 8.42 Å². The Morgan fingerprint density at radius 2 is 1.74 bits per heavy atom. The van der Waals surface area contributed by atoms with E-state index in [4.69, 9.17) is 0 Å². The summed E-state index contributed by atoms with van der Waals surface area (Å²) < 4.78 is 27.1. The number of aliphatic imine (C=N–C) groups is 1. The highest BCUT2D eigenvalue weighted by atomic mass is 127. The lowest BCUT2D eigenvalue weighted by Gasteiger charge is -2.34. The summed E-state index contributed by atoms with van der Waals surface area (Å²) in [6, 6.07) is 15.7. The molecule has 10 heteroatoms. The summed E-state index contributed by atoms with van der Waals surface area (Å²) in [5.74, 6) is 1.60. The second kappa shape index (κ2) is 12.2. The van der Waals surface area contributed by atoms with Crippen LogP contribution in [0, 0.1) is 0 Å².